The summed E-state index contributed by atoms with van der Waals surface area (Å²) in [6.07, 6.45) is 2.16. The maximum atomic E-state index is 11.9. The lowest BCUT2D eigenvalue weighted by Crippen LogP contribution is -2.33. The molecule has 7 heteroatoms. The summed E-state index contributed by atoms with van der Waals surface area (Å²) in [5.74, 6) is 0.292. The first-order valence-electron chi connectivity index (χ1n) is 9.24. The number of aromatic nitrogens is 2. The first kappa shape index (κ1) is 21.1. The molecule has 0 radical (unpaired) electrons. The molecule has 0 aliphatic rings. The van der Waals surface area contributed by atoms with Gasteiger partial charge in [0.05, 0.1) is 37.6 Å². The first-order chi connectivity index (χ1) is 13.0. The Balaban J connectivity index is 2.19. The van der Waals surface area contributed by atoms with E-state index in [0.717, 1.165) is 12.1 Å². The molecule has 0 bridgehead atoms. The van der Waals surface area contributed by atoms with Crippen molar-refractivity contribution in [1.29, 1.82) is 0 Å². The van der Waals surface area contributed by atoms with Crippen LogP contribution >= 0.6 is 0 Å². The summed E-state index contributed by atoms with van der Waals surface area (Å²) in [7, 11) is 0. The summed E-state index contributed by atoms with van der Waals surface area (Å²) in [6, 6.07) is 9.31. The van der Waals surface area contributed by atoms with Gasteiger partial charge in [0.15, 0.2) is 0 Å². The molecule has 1 aromatic heterocycles. The molecule has 1 heterocycles. The van der Waals surface area contributed by atoms with Gasteiger partial charge >= 0.3 is 0 Å². The van der Waals surface area contributed by atoms with Crippen molar-refractivity contribution in [2.75, 3.05) is 13.2 Å². The van der Waals surface area contributed by atoms with Crippen LogP contribution < -0.4 is 5.32 Å². The maximum absolute atomic E-state index is 11.9. The van der Waals surface area contributed by atoms with E-state index in [1.54, 1.807) is 24.6 Å². The molecule has 2 aromatic rings. The van der Waals surface area contributed by atoms with Gasteiger partial charge in [-0.05, 0) is 18.4 Å². The van der Waals surface area contributed by atoms with Gasteiger partial charge < -0.3 is 25.2 Å². The van der Waals surface area contributed by atoms with Crippen LogP contribution in [0.5, 0.6) is 0 Å². The molecule has 7 nitrogen and oxygen atoms in total. The second-order valence-corrected chi connectivity index (χ2v) is 6.91. The zero-order valence-corrected chi connectivity index (χ0v) is 15.9. The summed E-state index contributed by atoms with van der Waals surface area (Å²) in [5.41, 5.74) is 1.99. The monoisotopic (exact) mass is 375 g/mol. The Morgan fingerprint density at radius 3 is 2.44 bits per heavy atom. The number of carbonyl (C=O) groups excluding carboxylic acids is 1. The number of aliphatic hydroxyl groups is 3. The number of imidazole rings is 1. The minimum absolute atomic E-state index is 0.0985. The van der Waals surface area contributed by atoms with E-state index in [1.807, 2.05) is 30.3 Å². The largest absolute Gasteiger partial charge is 0.394 e. The number of aryl methyl sites for hydroxylation is 2. The van der Waals surface area contributed by atoms with Gasteiger partial charge in [-0.15, -0.1) is 0 Å². The average molecular weight is 375 g/mol. The lowest BCUT2D eigenvalue weighted by atomic mass is 10.1. The third-order valence-corrected chi connectivity index (χ3v) is 4.49. The topological polar surface area (TPSA) is 108 Å². The molecule has 2 rings (SSSR count). The number of amides is 1. The Morgan fingerprint density at radius 1 is 1.15 bits per heavy atom. The van der Waals surface area contributed by atoms with E-state index in [1.165, 1.54) is 5.56 Å². The van der Waals surface area contributed by atoms with Gasteiger partial charge in [-0.3, -0.25) is 4.79 Å². The number of benzene rings is 1. The number of hydrogen-bond donors (Lipinski definition) is 4. The Bertz CT molecular complexity index is 715. The third kappa shape index (κ3) is 5.89. The van der Waals surface area contributed by atoms with Crippen molar-refractivity contribution in [3.05, 3.63) is 53.6 Å². The number of hydrogen-bond acceptors (Lipinski definition) is 5. The van der Waals surface area contributed by atoms with Crippen LogP contribution in [0, 0.1) is 5.92 Å². The van der Waals surface area contributed by atoms with E-state index in [-0.39, 0.29) is 25.0 Å². The number of aliphatic hydroxyl groups excluding tert-OH is 3. The molecule has 0 aliphatic carbocycles. The van der Waals surface area contributed by atoms with Gasteiger partial charge in [0.2, 0.25) is 5.91 Å². The zero-order valence-electron chi connectivity index (χ0n) is 15.9. The van der Waals surface area contributed by atoms with Crippen molar-refractivity contribution in [3.63, 3.8) is 0 Å². The average Bonchev–Trinajstić information content (AvgIpc) is 3.08. The van der Waals surface area contributed by atoms with Gasteiger partial charge in [0.25, 0.3) is 0 Å². The second-order valence-electron chi connectivity index (χ2n) is 6.91. The van der Waals surface area contributed by atoms with E-state index < -0.39 is 18.8 Å². The standard InChI is InChI=1S/C20H29N3O4/c1-14(2)20(27)21-10-19-22-16(9-8-15-6-4-3-5-7-15)11-23(19)17(12-24)18(26)13-25/h3-7,11,14,17-18,24-26H,8-10,12-13H2,1-2H3,(H,21,27)/t17?,18-/m0/s1. The zero-order chi connectivity index (χ0) is 19.8. The van der Waals surface area contributed by atoms with Crippen LogP contribution in [-0.2, 0) is 24.2 Å². The first-order valence-corrected chi connectivity index (χ1v) is 9.24. The second kappa shape index (κ2) is 10.2. The molecular formula is C20H29N3O4. The quantitative estimate of drug-likeness (QED) is 0.492. The Labute approximate surface area is 159 Å². The lowest BCUT2D eigenvalue weighted by molar-refractivity contribution is -0.124. The molecule has 1 aromatic carbocycles. The van der Waals surface area contributed by atoms with Crippen LogP contribution in [0.2, 0.25) is 0 Å². The van der Waals surface area contributed by atoms with Crippen LogP contribution in [0.15, 0.2) is 36.5 Å². The molecule has 4 N–H and O–H groups in total. The Morgan fingerprint density at radius 2 is 1.85 bits per heavy atom. The van der Waals surface area contributed by atoms with Crippen LogP contribution in [0.1, 0.15) is 37.0 Å². The molecule has 0 fully saturated rings. The molecule has 2 atom stereocenters. The van der Waals surface area contributed by atoms with Gasteiger partial charge in [0, 0.05) is 12.1 Å². The summed E-state index contributed by atoms with van der Waals surface area (Å²) >= 11 is 0. The predicted octanol–water partition coefficient (Wildman–Crippen LogP) is 0.827. The van der Waals surface area contributed by atoms with E-state index in [0.29, 0.717) is 12.2 Å². The molecule has 0 spiro atoms. The van der Waals surface area contributed by atoms with Crippen molar-refractivity contribution in [2.24, 2.45) is 5.92 Å². The van der Waals surface area contributed by atoms with E-state index in [2.05, 4.69) is 10.3 Å². The Kier molecular flexibility index (Phi) is 7.97. The highest BCUT2D eigenvalue weighted by atomic mass is 16.3. The molecule has 1 amide bonds. The number of nitrogens with zero attached hydrogens (tertiary/aromatic N) is 2. The van der Waals surface area contributed by atoms with Crippen molar-refractivity contribution in [1.82, 2.24) is 14.9 Å². The van der Waals surface area contributed by atoms with E-state index >= 15 is 0 Å². The smallest absolute Gasteiger partial charge is 0.222 e. The summed E-state index contributed by atoms with van der Waals surface area (Å²) in [4.78, 5) is 16.5. The van der Waals surface area contributed by atoms with Crippen LogP contribution in [0.3, 0.4) is 0 Å². The van der Waals surface area contributed by atoms with Crippen LogP contribution in [0.4, 0.5) is 0 Å². The predicted molar refractivity (Wildman–Crippen MR) is 102 cm³/mol. The normalized spacial score (nSPS) is 13.6. The number of rotatable bonds is 10. The fourth-order valence-electron chi connectivity index (χ4n) is 2.83. The number of carbonyl (C=O) groups is 1. The van der Waals surface area contributed by atoms with Crippen molar-refractivity contribution in [3.8, 4) is 0 Å². The number of nitrogens with one attached hydrogen (secondary N) is 1. The maximum Gasteiger partial charge on any atom is 0.222 e. The molecule has 1 unspecified atom stereocenters. The molecular weight excluding hydrogens is 346 g/mol. The fraction of sp³-hybridized carbons (Fsp3) is 0.500. The van der Waals surface area contributed by atoms with Crippen molar-refractivity contribution >= 4 is 5.91 Å². The van der Waals surface area contributed by atoms with Crippen LogP contribution in [0.25, 0.3) is 0 Å². The minimum atomic E-state index is -1.12. The summed E-state index contributed by atoms with van der Waals surface area (Å²) < 4.78 is 1.65. The van der Waals surface area contributed by atoms with Crippen LogP contribution in [-0.4, -0.2) is 50.1 Å². The highest BCUT2D eigenvalue weighted by molar-refractivity contribution is 5.77. The minimum Gasteiger partial charge on any atom is -0.394 e. The van der Waals surface area contributed by atoms with Crippen molar-refractivity contribution in [2.45, 2.75) is 45.4 Å². The van der Waals surface area contributed by atoms with Gasteiger partial charge in [0.1, 0.15) is 5.82 Å². The van der Waals surface area contributed by atoms with Crippen molar-refractivity contribution < 1.29 is 20.1 Å². The molecule has 0 saturated heterocycles. The molecule has 148 valence electrons. The SMILES string of the molecule is CC(C)C(=O)NCc1nc(CCc2ccccc2)cn1C(CO)[C@@H](O)CO. The third-order valence-electron chi connectivity index (χ3n) is 4.49. The molecule has 0 saturated carbocycles. The van der Waals surface area contributed by atoms with Gasteiger partial charge in [-0.1, -0.05) is 44.2 Å². The van der Waals surface area contributed by atoms with Gasteiger partial charge in [-0.2, -0.15) is 0 Å². The van der Waals surface area contributed by atoms with E-state index in [4.69, 9.17) is 0 Å². The Hall–Kier alpha value is -2.22. The van der Waals surface area contributed by atoms with Gasteiger partial charge in [-0.25, -0.2) is 4.98 Å². The molecule has 0 aliphatic heterocycles. The fourth-order valence-corrected chi connectivity index (χ4v) is 2.83. The lowest BCUT2D eigenvalue weighted by Gasteiger charge is -2.22. The highest BCUT2D eigenvalue weighted by Crippen LogP contribution is 2.17. The van der Waals surface area contributed by atoms with E-state index in [9.17, 15) is 20.1 Å². The summed E-state index contributed by atoms with van der Waals surface area (Å²) in [6.45, 7) is 2.98. The molecule has 27 heavy (non-hydrogen) atoms. The summed E-state index contributed by atoms with van der Waals surface area (Å²) in [5, 5.41) is 31.8. The highest BCUT2D eigenvalue weighted by Gasteiger charge is 2.23.